The van der Waals surface area contributed by atoms with Gasteiger partial charge in [0.15, 0.2) is 5.69 Å². The maximum Gasteiger partial charge on any atom is 0.300 e. The van der Waals surface area contributed by atoms with Crippen molar-refractivity contribution in [2.24, 2.45) is 5.73 Å². The highest BCUT2D eigenvalue weighted by Crippen LogP contribution is 2.26. The zero-order chi connectivity index (χ0) is 18.5. The molecule has 0 radical (unpaired) electrons. The molecule has 0 fully saturated rings. The first kappa shape index (κ1) is 20.0. The molecule has 24 heavy (non-hydrogen) atoms. The Kier molecular flexibility index (Phi) is 6.81. The van der Waals surface area contributed by atoms with Crippen molar-refractivity contribution in [2.45, 2.75) is 44.6 Å². The summed E-state index contributed by atoms with van der Waals surface area (Å²) in [6.07, 6.45) is 1.96. The van der Waals surface area contributed by atoms with Crippen molar-refractivity contribution in [1.29, 1.82) is 5.26 Å². The normalized spacial score (nSPS) is 14.8. The van der Waals surface area contributed by atoms with Crippen LogP contribution in [0.1, 0.15) is 32.2 Å². The molecule has 132 valence electrons. The number of nitriles is 1. The fraction of sp³-hybridized carbons (Fsp3) is 0.600. The maximum absolute atomic E-state index is 12.5. The standard InChI is InChI=1S/C13H19N5OS.C2H4O2/c1-13(2,20-3)11(15)12(19)17-4-5-18-10(8-17)6-9(7-14)16-18;1-2(3)4/h6,11H,4-5,8,15H2,1-3H3;1H3,(H,3,4)/t11-;/m1./s1. The zero-order valence-corrected chi connectivity index (χ0v) is 15.1. The molecule has 0 bridgehead atoms. The molecule has 0 unspecified atom stereocenters. The molecule has 1 aliphatic rings. The number of aromatic nitrogens is 2. The average Bonchev–Trinajstić information content (AvgIpc) is 2.95. The second kappa shape index (κ2) is 8.17. The third-order valence-corrected chi connectivity index (χ3v) is 5.07. The molecule has 1 aromatic heterocycles. The summed E-state index contributed by atoms with van der Waals surface area (Å²) in [6, 6.07) is 3.21. The molecule has 3 N–H and O–H groups in total. The number of amides is 1. The molecule has 0 aliphatic carbocycles. The van der Waals surface area contributed by atoms with Crippen LogP contribution >= 0.6 is 11.8 Å². The highest BCUT2D eigenvalue weighted by Gasteiger charge is 2.35. The smallest absolute Gasteiger partial charge is 0.300 e. The lowest BCUT2D eigenvalue weighted by atomic mass is 10.0. The Morgan fingerprint density at radius 1 is 1.50 bits per heavy atom. The van der Waals surface area contributed by atoms with Crippen LogP contribution in [0.15, 0.2) is 6.07 Å². The van der Waals surface area contributed by atoms with Crippen LogP contribution in [0.2, 0.25) is 0 Å². The number of fused-ring (bicyclic) bond motifs is 1. The SMILES string of the molecule is CC(=O)O.CSC(C)(C)[C@H](N)C(=O)N1CCn2nc(C#N)cc2C1. The molecular formula is C15H23N5O3S. The van der Waals surface area contributed by atoms with Gasteiger partial charge in [0.2, 0.25) is 5.91 Å². The fourth-order valence-corrected chi connectivity index (χ4v) is 2.48. The van der Waals surface area contributed by atoms with Gasteiger partial charge in [-0.2, -0.15) is 22.1 Å². The summed E-state index contributed by atoms with van der Waals surface area (Å²) in [4.78, 5) is 23.2. The van der Waals surface area contributed by atoms with E-state index in [9.17, 15) is 4.79 Å². The Morgan fingerprint density at radius 3 is 2.58 bits per heavy atom. The number of rotatable bonds is 3. The van der Waals surface area contributed by atoms with Crippen molar-refractivity contribution in [3.05, 3.63) is 17.5 Å². The molecule has 1 atom stereocenters. The Morgan fingerprint density at radius 2 is 2.08 bits per heavy atom. The van der Waals surface area contributed by atoms with Gasteiger partial charge < -0.3 is 15.7 Å². The summed E-state index contributed by atoms with van der Waals surface area (Å²) >= 11 is 1.59. The predicted molar refractivity (Wildman–Crippen MR) is 91.2 cm³/mol. The summed E-state index contributed by atoms with van der Waals surface area (Å²) in [5.74, 6) is -0.879. The van der Waals surface area contributed by atoms with E-state index in [1.165, 1.54) is 0 Å². The van der Waals surface area contributed by atoms with E-state index in [0.29, 0.717) is 25.3 Å². The monoisotopic (exact) mass is 353 g/mol. The molecule has 9 heteroatoms. The highest BCUT2D eigenvalue weighted by atomic mass is 32.2. The van der Waals surface area contributed by atoms with Crippen molar-refractivity contribution in [3.8, 4) is 6.07 Å². The number of aliphatic carboxylic acids is 1. The third kappa shape index (κ3) is 4.97. The molecule has 0 saturated heterocycles. The van der Waals surface area contributed by atoms with Crippen LogP contribution in [0.5, 0.6) is 0 Å². The minimum atomic E-state index is -0.833. The molecule has 8 nitrogen and oxygen atoms in total. The van der Waals surface area contributed by atoms with Gasteiger partial charge in [0, 0.05) is 18.2 Å². The van der Waals surface area contributed by atoms with Gasteiger partial charge >= 0.3 is 0 Å². The molecule has 2 rings (SSSR count). The first-order chi connectivity index (χ1) is 11.1. The maximum atomic E-state index is 12.5. The first-order valence-electron chi connectivity index (χ1n) is 7.38. The number of carbonyl (C=O) groups is 2. The van der Waals surface area contributed by atoms with E-state index in [0.717, 1.165) is 12.6 Å². The second-order valence-corrected chi connectivity index (χ2v) is 7.38. The summed E-state index contributed by atoms with van der Waals surface area (Å²) in [5.41, 5.74) is 7.38. The van der Waals surface area contributed by atoms with E-state index in [-0.39, 0.29) is 10.7 Å². The van der Waals surface area contributed by atoms with Crippen LogP contribution in [0, 0.1) is 11.3 Å². The summed E-state index contributed by atoms with van der Waals surface area (Å²) in [6.45, 7) is 6.68. The molecule has 1 amide bonds. The molecule has 0 saturated carbocycles. The lowest BCUT2D eigenvalue weighted by molar-refractivity contribution is -0.135. The molecule has 2 heterocycles. The largest absolute Gasteiger partial charge is 0.481 e. The van der Waals surface area contributed by atoms with Gasteiger partial charge in [-0.05, 0) is 26.2 Å². The van der Waals surface area contributed by atoms with Gasteiger partial charge in [-0.15, -0.1) is 0 Å². The first-order valence-corrected chi connectivity index (χ1v) is 8.60. The number of nitrogens with two attached hydrogens (primary N) is 1. The summed E-state index contributed by atoms with van der Waals surface area (Å²) in [5, 5.41) is 20.4. The van der Waals surface area contributed by atoms with Crippen LogP contribution in [0.3, 0.4) is 0 Å². The van der Waals surface area contributed by atoms with Crippen molar-refractivity contribution < 1.29 is 14.7 Å². The topological polar surface area (TPSA) is 125 Å². The van der Waals surface area contributed by atoms with Crippen LogP contribution < -0.4 is 5.73 Å². The number of hydrogen-bond acceptors (Lipinski definition) is 6. The van der Waals surface area contributed by atoms with Crippen LogP contribution in [0.4, 0.5) is 0 Å². The molecule has 0 aromatic carbocycles. The van der Waals surface area contributed by atoms with Gasteiger partial charge in [0.1, 0.15) is 6.07 Å². The second-order valence-electron chi connectivity index (χ2n) is 5.92. The number of hydrogen-bond donors (Lipinski definition) is 2. The molecule has 1 aliphatic heterocycles. The van der Waals surface area contributed by atoms with Gasteiger partial charge in [-0.1, -0.05) is 0 Å². The number of carbonyl (C=O) groups excluding carboxylic acids is 1. The number of carboxylic acids is 1. The highest BCUT2D eigenvalue weighted by molar-refractivity contribution is 8.00. The van der Waals surface area contributed by atoms with Gasteiger partial charge in [-0.25, -0.2) is 0 Å². The van der Waals surface area contributed by atoms with Crippen LogP contribution in [-0.4, -0.2) is 55.3 Å². The Bertz CT molecular complexity index is 646. The van der Waals surface area contributed by atoms with E-state index in [4.69, 9.17) is 20.9 Å². The summed E-state index contributed by atoms with van der Waals surface area (Å²) in [7, 11) is 0. The van der Waals surface area contributed by atoms with Gasteiger partial charge in [0.05, 0.1) is 24.8 Å². The van der Waals surface area contributed by atoms with E-state index >= 15 is 0 Å². The quantitative estimate of drug-likeness (QED) is 0.817. The minimum absolute atomic E-state index is 0.0460. The fourth-order valence-electron chi connectivity index (χ4n) is 2.13. The molecular weight excluding hydrogens is 330 g/mol. The van der Waals surface area contributed by atoms with E-state index in [1.807, 2.05) is 26.2 Å². The third-order valence-electron chi connectivity index (χ3n) is 3.77. The average molecular weight is 353 g/mol. The van der Waals surface area contributed by atoms with Crippen molar-refractivity contribution in [2.75, 3.05) is 12.8 Å². The number of carboxylic acid groups (broad SMARTS) is 1. The molecule has 0 spiro atoms. The van der Waals surface area contributed by atoms with Crippen LogP contribution in [0.25, 0.3) is 0 Å². The number of thioether (sulfide) groups is 1. The lowest BCUT2D eigenvalue weighted by Gasteiger charge is -2.35. The van der Waals surface area contributed by atoms with E-state index in [2.05, 4.69) is 5.10 Å². The molecule has 1 aromatic rings. The summed E-state index contributed by atoms with van der Waals surface area (Å²) < 4.78 is 1.49. The lowest BCUT2D eigenvalue weighted by Crippen LogP contribution is -2.54. The minimum Gasteiger partial charge on any atom is -0.481 e. The van der Waals surface area contributed by atoms with Crippen LogP contribution in [-0.2, 0) is 22.7 Å². The Labute approximate surface area is 145 Å². The van der Waals surface area contributed by atoms with Gasteiger partial charge in [-0.3, -0.25) is 14.3 Å². The zero-order valence-electron chi connectivity index (χ0n) is 14.3. The predicted octanol–water partition coefficient (Wildman–Crippen LogP) is 0.657. The number of nitrogens with zero attached hydrogens (tertiary/aromatic N) is 4. The van der Waals surface area contributed by atoms with Crippen molar-refractivity contribution >= 4 is 23.6 Å². The van der Waals surface area contributed by atoms with Gasteiger partial charge in [0.25, 0.3) is 5.97 Å². The Balaban J connectivity index is 0.000000648. The van der Waals surface area contributed by atoms with Crippen molar-refractivity contribution in [1.82, 2.24) is 14.7 Å². The van der Waals surface area contributed by atoms with Crippen molar-refractivity contribution in [3.63, 3.8) is 0 Å². The Hall–Kier alpha value is -2.05. The van der Waals surface area contributed by atoms with E-state index in [1.54, 1.807) is 27.4 Å². The van der Waals surface area contributed by atoms with E-state index < -0.39 is 12.0 Å².